The molecule has 1 saturated heterocycles. The van der Waals surface area contributed by atoms with Crippen LogP contribution in [0.15, 0.2) is 46.1 Å². The average molecular weight is 506 g/mol. The second-order valence-electron chi connectivity index (χ2n) is 8.18. The molecule has 7 nitrogen and oxygen atoms in total. The van der Waals surface area contributed by atoms with E-state index < -0.39 is 23.9 Å². The number of hydrogen-bond donors (Lipinski definition) is 2. The topological polar surface area (TPSA) is 86.1 Å². The predicted octanol–water partition coefficient (Wildman–Crippen LogP) is 3.73. The summed E-state index contributed by atoms with van der Waals surface area (Å²) in [7, 11) is 1.52. The Bertz CT molecular complexity index is 1120. The molecule has 0 aliphatic carbocycles. The van der Waals surface area contributed by atoms with E-state index in [4.69, 9.17) is 4.74 Å². The van der Waals surface area contributed by atoms with E-state index in [2.05, 4.69) is 16.0 Å². The molecule has 1 aliphatic rings. The van der Waals surface area contributed by atoms with Crippen molar-refractivity contribution in [3.63, 3.8) is 0 Å². The molecule has 34 heavy (non-hydrogen) atoms. The number of carboxylic acid groups (broad SMARTS) is 1. The van der Waals surface area contributed by atoms with Crippen LogP contribution >= 0.6 is 23.1 Å². The number of ether oxygens (including phenoxy) is 1. The second-order valence-corrected chi connectivity index (χ2v) is 10.5. The first-order valence-corrected chi connectivity index (χ1v) is 13.0. The first-order chi connectivity index (χ1) is 16.5. The van der Waals surface area contributed by atoms with Gasteiger partial charge >= 0.3 is 5.97 Å². The quantitative estimate of drug-likeness (QED) is 0.403. The van der Waals surface area contributed by atoms with Crippen LogP contribution in [0.5, 0.6) is 5.75 Å². The van der Waals surface area contributed by atoms with Gasteiger partial charge in [-0.25, -0.2) is 4.39 Å². The number of carbonyl (C=O) groups is 1. The molecule has 3 heterocycles. The summed E-state index contributed by atoms with van der Waals surface area (Å²) in [5.74, 6) is -0.0113. The van der Waals surface area contributed by atoms with Crippen LogP contribution in [0.2, 0.25) is 0 Å². The Hall–Kier alpha value is -2.24. The van der Waals surface area contributed by atoms with Crippen LogP contribution in [0.25, 0.3) is 10.9 Å². The minimum Gasteiger partial charge on any atom is -0.497 e. The maximum atomic E-state index is 14.7. The largest absolute Gasteiger partial charge is 0.497 e. The number of halogens is 1. The Kier molecular flexibility index (Phi) is 8.38. The van der Waals surface area contributed by atoms with Gasteiger partial charge in [-0.1, -0.05) is 6.07 Å². The zero-order valence-corrected chi connectivity index (χ0v) is 20.5. The van der Waals surface area contributed by atoms with Crippen LogP contribution in [-0.2, 0) is 4.79 Å². The second kappa shape index (κ2) is 11.5. The normalized spacial score (nSPS) is 18.3. The summed E-state index contributed by atoms with van der Waals surface area (Å²) in [6, 6.07) is 8.57. The number of benzene rings is 1. The van der Waals surface area contributed by atoms with Crippen LogP contribution in [0.1, 0.15) is 18.1 Å². The lowest BCUT2D eigenvalue weighted by Crippen LogP contribution is -2.56. The third-order valence-electron chi connectivity index (χ3n) is 6.10. The van der Waals surface area contributed by atoms with Crippen LogP contribution in [0, 0.1) is 5.82 Å². The van der Waals surface area contributed by atoms with Crippen molar-refractivity contribution >= 4 is 40.0 Å². The molecule has 2 aromatic heterocycles. The molecule has 2 atom stereocenters. The predicted molar refractivity (Wildman–Crippen MR) is 132 cm³/mol. The van der Waals surface area contributed by atoms with Gasteiger partial charge in [0, 0.05) is 49.4 Å². The SMILES string of the molecule is COc1ccc2ncc(F)c(C(O)CCN3CCN(CCSc4cccs4)C[C@@H]3C(=O)O)c2c1. The van der Waals surface area contributed by atoms with Crippen molar-refractivity contribution in [3.05, 3.63) is 53.3 Å². The summed E-state index contributed by atoms with van der Waals surface area (Å²) in [6.07, 6.45) is 0.235. The Morgan fingerprint density at radius 1 is 1.35 bits per heavy atom. The van der Waals surface area contributed by atoms with Crippen LogP contribution in [0.3, 0.4) is 0 Å². The van der Waals surface area contributed by atoms with Gasteiger partial charge in [0.15, 0.2) is 0 Å². The monoisotopic (exact) mass is 505 g/mol. The Morgan fingerprint density at radius 2 is 2.21 bits per heavy atom. The van der Waals surface area contributed by atoms with E-state index in [1.807, 2.05) is 16.3 Å². The Labute approximate surface area is 206 Å². The highest BCUT2D eigenvalue weighted by atomic mass is 32.2. The molecule has 10 heteroatoms. The van der Waals surface area contributed by atoms with Crippen molar-refractivity contribution < 1.29 is 24.1 Å². The number of thiophene rings is 1. The van der Waals surface area contributed by atoms with Gasteiger partial charge in [-0.3, -0.25) is 19.6 Å². The van der Waals surface area contributed by atoms with Gasteiger partial charge in [0.25, 0.3) is 0 Å². The molecule has 0 amide bonds. The molecular weight excluding hydrogens is 477 g/mol. The number of methoxy groups -OCH3 is 1. The highest BCUT2D eigenvalue weighted by molar-refractivity contribution is 8.01. The molecular formula is C24H28FN3O4S2. The molecule has 1 aromatic carbocycles. The van der Waals surface area contributed by atoms with E-state index in [1.54, 1.807) is 41.3 Å². The zero-order valence-electron chi connectivity index (χ0n) is 18.9. The van der Waals surface area contributed by atoms with Crippen molar-refractivity contribution in [3.8, 4) is 5.75 Å². The van der Waals surface area contributed by atoms with E-state index in [9.17, 15) is 19.4 Å². The minimum atomic E-state index is -1.09. The average Bonchev–Trinajstić information content (AvgIpc) is 3.36. The van der Waals surface area contributed by atoms with E-state index in [-0.39, 0.29) is 12.0 Å². The Morgan fingerprint density at radius 3 is 2.94 bits per heavy atom. The molecule has 1 fully saturated rings. The molecule has 182 valence electrons. The number of aliphatic carboxylic acids is 1. The maximum absolute atomic E-state index is 14.7. The number of fused-ring (bicyclic) bond motifs is 1. The van der Waals surface area contributed by atoms with Gasteiger partial charge in [-0.2, -0.15) is 0 Å². The first-order valence-electron chi connectivity index (χ1n) is 11.1. The smallest absolute Gasteiger partial charge is 0.322 e. The summed E-state index contributed by atoms with van der Waals surface area (Å²) < 4.78 is 21.2. The molecule has 1 unspecified atom stereocenters. The molecule has 0 bridgehead atoms. The van der Waals surface area contributed by atoms with Crippen molar-refractivity contribution in [2.75, 3.05) is 45.6 Å². The van der Waals surface area contributed by atoms with Gasteiger partial charge < -0.3 is 14.9 Å². The van der Waals surface area contributed by atoms with Crippen molar-refractivity contribution in [2.45, 2.75) is 22.8 Å². The summed E-state index contributed by atoms with van der Waals surface area (Å²) in [4.78, 5) is 20.1. The Balaban J connectivity index is 1.38. The third kappa shape index (κ3) is 5.87. The number of hydrogen-bond acceptors (Lipinski definition) is 8. The molecule has 2 N–H and O–H groups in total. The van der Waals surface area contributed by atoms with Crippen molar-refractivity contribution in [2.24, 2.45) is 0 Å². The number of aliphatic hydroxyl groups excluding tert-OH is 1. The number of thioether (sulfide) groups is 1. The summed E-state index contributed by atoms with van der Waals surface area (Å²) in [6.45, 7) is 2.94. The molecule has 4 rings (SSSR count). The van der Waals surface area contributed by atoms with Crippen LogP contribution in [-0.4, -0.2) is 82.6 Å². The van der Waals surface area contributed by atoms with Gasteiger partial charge in [-0.05, 0) is 36.1 Å². The van der Waals surface area contributed by atoms with Crippen LogP contribution in [0.4, 0.5) is 4.39 Å². The standard InChI is InChI=1S/C24H28FN3O4S2/c1-32-16-4-5-19-17(13-16)23(18(25)14-26-19)21(29)6-7-28-9-8-27(15-20(28)24(30)31)10-12-34-22-3-2-11-33-22/h2-5,11,13-14,20-21,29H,6-10,12,15H2,1H3,(H,30,31)/t20-,21?/m1/s1. The number of aromatic nitrogens is 1. The number of carboxylic acids is 1. The van der Waals surface area contributed by atoms with Gasteiger partial charge in [0.2, 0.25) is 0 Å². The summed E-state index contributed by atoms with van der Waals surface area (Å²) in [5, 5.41) is 23.2. The van der Waals surface area contributed by atoms with Crippen molar-refractivity contribution in [1.82, 2.24) is 14.8 Å². The molecule has 0 saturated carbocycles. The van der Waals surface area contributed by atoms with E-state index in [0.29, 0.717) is 36.3 Å². The van der Waals surface area contributed by atoms with Gasteiger partial charge in [0.05, 0.1) is 29.1 Å². The fraction of sp³-hybridized carbons (Fsp3) is 0.417. The van der Waals surface area contributed by atoms with Gasteiger partial charge in [-0.15, -0.1) is 23.1 Å². The lowest BCUT2D eigenvalue weighted by atomic mass is 10.00. The van der Waals surface area contributed by atoms with E-state index in [0.717, 1.165) is 25.0 Å². The summed E-state index contributed by atoms with van der Waals surface area (Å²) >= 11 is 3.49. The fourth-order valence-electron chi connectivity index (χ4n) is 4.27. The van der Waals surface area contributed by atoms with Crippen LogP contribution < -0.4 is 4.74 Å². The molecule has 0 radical (unpaired) electrons. The zero-order chi connectivity index (χ0) is 24.1. The molecule has 0 spiro atoms. The lowest BCUT2D eigenvalue weighted by Gasteiger charge is -2.39. The fourth-order valence-corrected chi connectivity index (χ4v) is 6.13. The van der Waals surface area contributed by atoms with Crippen molar-refractivity contribution in [1.29, 1.82) is 0 Å². The number of pyridine rings is 1. The highest BCUT2D eigenvalue weighted by Gasteiger charge is 2.32. The van der Waals surface area contributed by atoms with E-state index >= 15 is 0 Å². The number of aliphatic hydroxyl groups is 1. The third-order valence-corrected chi connectivity index (χ3v) is 8.21. The molecule has 1 aliphatic heterocycles. The summed E-state index contributed by atoms with van der Waals surface area (Å²) in [5.41, 5.74) is 0.730. The lowest BCUT2D eigenvalue weighted by molar-refractivity contribution is -0.146. The van der Waals surface area contributed by atoms with Gasteiger partial charge in [0.1, 0.15) is 17.6 Å². The minimum absolute atomic E-state index is 0.167. The first kappa shape index (κ1) is 24.9. The maximum Gasteiger partial charge on any atom is 0.322 e. The number of piperazine rings is 1. The highest BCUT2D eigenvalue weighted by Crippen LogP contribution is 2.31. The van der Waals surface area contributed by atoms with E-state index in [1.165, 1.54) is 11.3 Å². The molecule has 3 aromatic rings. The number of nitrogens with zero attached hydrogens (tertiary/aromatic N) is 3. The number of rotatable bonds is 10.